The van der Waals surface area contributed by atoms with Crippen LogP contribution in [0.1, 0.15) is 11.1 Å². The number of carbonyl (C=O) groups is 1. The monoisotopic (exact) mass is 419 g/mol. The van der Waals surface area contributed by atoms with Crippen LogP contribution in [-0.4, -0.2) is 19.7 Å². The Hall–Kier alpha value is -3.75. The predicted octanol–water partition coefficient (Wildman–Crippen LogP) is 5.40. The molecule has 0 unspecified atom stereocenters. The van der Waals surface area contributed by atoms with Crippen molar-refractivity contribution in [3.63, 3.8) is 0 Å². The average Bonchev–Trinajstić information content (AvgIpc) is 2.77. The second-order valence-electron chi connectivity index (χ2n) is 6.19. The van der Waals surface area contributed by atoms with Crippen molar-refractivity contribution in [1.82, 2.24) is 0 Å². The Balaban J connectivity index is 1.66. The third-order valence-corrected chi connectivity index (χ3v) is 4.34. The van der Waals surface area contributed by atoms with Gasteiger partial charge in [0.25, 0.3) is 0 Å². The van der Waals surface area contributed by atoms with E-state index in [0.29, 0.717) is 27.8 Å². The predicted molar refractivity (Wildman–Crippen MR) is 116 cm³/mol. The van der Waals surface area contributed by atoms with Crippen LogP contribution in [0.2, 0.25) is 5.02 Å². The van der Waals surface area contributed by atoms with Gasteiger partial charge in [-0.25, -0.2) is 4.79 Å². The number of hydrogen-bond donors (Lipinski definition) is 0. The average molecular weight is 420 g/mol. The molecular formula is C24H18ClNO4. The molecular weight excluding hydrogens is 402 g/mol. The van der Waals surface area contributed by atoms with Crippen LogP contribution in [0.15, 0.2) is 72.8 Å². The molecule has 3 rings (SSSR count). The SMILES string of the molecule is COc1ccc(/C(C#N)=C\c2cccc(OC(=O)COc3ccc(Cl)cc3)c2)cc1. The van der Waals surface area contributed by atoms with Gasteiger partial charge < -0.3 is 14.2 Å². The Kier molecular flexibility index (Phi) is 7.09. The van der Waals surface area contributed by atoms with Crippen molar-refractivity contribution in [2.24, 2.45) is 0 Å². The molecule has 3 aromatic rings. The molecule has 0 radical (unpaired) electrons. The van der Waals surface area contributed by atoms with E-state index in [0.717, 1.165) is 11.1 Å². The summed E-state index contributed by atoms with van der Waals surface area (Å²) in [5.41, 5.74) is 1.97. The van der Waals surface area contributed by atoms with Crippen molar-refractivity contribution in [3.8, 4) is 23.3 Å². The summed E-state index contributed by atoms with van der Waals surface area (Å²) in [7, 11) is 1.59. The highest BCUT2D eigenvalue weighted by Crippen LogP contribution is 2.23. The number of nitrogens with zero attached hydrogens (tertiary/aromatic N) is 1. The van der Waals surface area contributed by atoms with Gasteiger partial charge in [-0.1, -0.05) is 23.7 Å². The number of rotatable bonds is 7. The topological polar surface area (TPSA) is 68.5 Å². The maximum atomic E-state index is 12.1. The van der Waals surface area contributed by atoms with Crippen molar-refractivity contribution in [2.45, 2.75) is 0 Å². The maximum absolute atomic E-state index is 12.1. The van der Waals surface area contributed by atoms with E-state index >= 15 is 0 Å². The van der Waals surface area contributed by atoms with Gasteiger partial charge in [0.1, 0.15) is 17.2 Å². The van der Waals surface area contributed by atoms with E-state index in [4.69, 9.17) is 25.8 Å². The molecule has 0 saturated heterocycles. The maximum Gasteiger partial charge on any atom is 0.349 e. The third kappa shape index (κ3) is 5.87. The Labute approximate surface area is 179 Å². The van der Waals surface area contributed by atoms with Gasteiger partial charge in [-0.3, -0.25) is 0 Å². The molecule has 30 heavy (non-hydrogen) atoms. The van der Waals surface area contributed by atoms with Crippen molar-refractivity contribution < 1.29 is 19.0 Å². The van der Waals surface area contributed by atoms with Gasteiger partial charge in [0, 0.05) is 5.02 Å². The highest BCUT2D eigenvalue weighted by molar-refractivity contribution is 6.30. The van der Waals surface area contributed by atoms with Gasteiger partial charge in [0.2, 0.25) is 0 Å². The largest absolute Gasteiger partial charge is 0.497 e. The lowest BCUT2D eigenvalue weighted by Gasteiger charge is -2.08. The van der Waals surface area contributed by atoms with Crippen molar-refractivity contribution in [3.05, 3.63) is 88.9 Å². The van der Waals surface area contributed by atoms with Gasteiger partial charge in [-0.2, -0.15) is 5.26 Å². The Morgan fingerprint density at radius 2 is 1.70 bits per heavy atom. The summed E-state index contributed by atoms with van der Waals surface area (Å²) in [5, 5.41) is 10.1. The number of ether oxygens (including phenoxy) is 3. The van der Waals surface area contributed by atoms with Gasteiger partial charge >= 0.3 is 5.97 Å². The first kappa shape index (κ1) is 21.0. The summed E-state index contributed by atoms with van der Waals surface area (Å²) in [6.45, 7) is -0.239. The highest BCUT2D eigenvalue weighted by Gasteiger charge is 2.08. The zero-order valence-corrected chi connectivity index (χ0v) is 16.9. The molecule has 3 aromatic carbocycles. The molecule has 0 amide bonds. The first-order valence-electron chi connectivity index (χ1n) is 9.03. The molecule has 0 fully saturated rings. The molecule has 0 bridgehead atoms. The Morgan fingerprint density at radius 3 is 2.37 bits per heavy atom. The number of methoxy groups -OCH3 is 1. The van der Waals surface area contributed by atoms with Crippen LogP contribution >= 0.6 is 11.6 Å². The summed E-state index contributed by atoms with van der Waals surface area (Å²) in [6, 6.07) is 23.0. The summed E-state index contributed by atoms with van der Waals surface area (Å²) >= 11 is 5.82. The van der Waals surface area contributed by atoms with Crippen molar-refractivity contribution >= 4 is 29.2 Å². The van der Waals surface area contributed by atoms with E-state index in [9.17, 15) is 10.1 Å². The van der Waals surface area contributed by atoms with E-state index in [1.807, 2.05) is 18.2 Å². The normalized spacial score (nSPS) is 10.8. The van der Waals surface area contributed by atoms with Crippen molar-refractivity contribution in [2.75, 3.05) is 13.7 Å². The van der Waals surface area contributed by atoms with Gasteiger partial charge in [0.05, 0.1) is 18.8 Å². The lowest BCUT2D eigenvalue weighted by molar-refractivity contribution is -0.136. The van der Waals surface area contributed by atoms with Gasteiger partial charge in [-0.15, -0.1) is 0 Å². The van der Waals surface area contributed by atoms with E-state index in [1.54, 1.807) is 67.8 Å². The minimum absolute atomic E-state index is 0.239. The summed E-state index contributed by atoms with van der Waals surface area (Å²) in [5.74, 6) is 1.05. The first-order valence-corrected chi connectivity index (χ1v) is 9.40. The third-order valence-electron chi connectivity index (χ3n) is 4.09. The lowest BCUT2D eigenvalue weighted by Crippen LogP contribution is -2.17. The molecule has 0 aliphatic rings. The summed E-state index contributed by atoms with van der Waals surface area (Å²) < 4.78 is 15.9. The summed E-state index contributed by atoms with van der Waals surface area (Å²) in [6.07, 6.45) is 1.73. The highest BCUT2D eigenvalue weighted by atomic mass is 35.5. The van der Waals surface area contributed by atoms with Crippen LogP contribution in [0, 0.1) is 11.3 Å². The van der Waals surface area contributed by atoms with Crippen LogP contribution in [0.4, 0.5) is 0 Å². The van der Waals surface area contributed by atoms with Gasteiger partial charge in [0.15, 0.2) is 6.61 Å². The van der Waals surface area contributed by atoms with Crippen LogP contribution in [0.3, 0.4) is 0 Å². The van der Waals surface area contributed by atoms with E-state index in [-0.39, 0.29) is 6.61 Å². The second kappa shape index (κ2) is 10.1. The molecule has 0 spiro atoms. The van der Waals surface area contributed by atoms with E-state index in [1.165, 1.54) is 0 Å². The fourth-order valence-corrected chi connectivity index (χ4v) is 2.75. The molecule has 150 valence electrons. The lowest BCUT2D eigenvalue weighted by atomic mass is 10.0. The zero-order chi connectivity index (χ0) is 21.3. The van der Waals surface area contributed by atoms with Crippen LogP contribution in [0.25, 0.3) is 11.6 Å². The Bertz CT molecular complexity index is 1080. The van der Waals surface area contributed by atoms with Crippen LogP contribution in [-0.2, 0) is 4.79 Å². The molecule has 0 aromatic heterocycles. The van der Waals surface area contributed by atoms with Crippen LogP contribution < -0.4 is 14.2 Å². The number of esters is 1. The summed E-state index contributed by atoms with van der Waals surface area (Å²) in [4.78, 5) is 12.1. The number of allylic oxidation sites excluding steroid dienone is 1. The van der Waals surface area contributed by atoms with Crippen molar-refractivity contribution in [1.29, 1.82) is 5.26 Å². The smallest absolute Gasteiger partial charge is 0.349 e. The number of benzene rings is 3. The fraction of sp³-hybridized carbons (Fsp3) is 0.0833. The number of hydrogen-bond acceptors (Lipinski definition) is 5. The Morgan fingerprint density at radius 1 is 1.00 bits per heavy atom. The van der Waals surface area contributed by atoms with E-state index < -0.39 is 5.97 Å². The first-order chi connectivity index (χ1) is 14.6. The molecule has 0 aliphatic carbocycles. The number of nitriles is 1. The van der Waals surface area contributed by atoms with E-state index in [2.05, 4.69) is 6.07 Å². The molecule has 6 heteroatoms. The quantitative estimate of drug-likeness (QED) is 0.222. The molecule has 5 nitrogen and oxygen atoms in total. The number of carbonyl (C=O) groups excluding carboxylic acids is 1. The molecule has 0 atom stereocenters. The number of halogens is 1. The minimum atomic E-state index is -0.540. The molecule has 0 saturated carbocycles. The zero-order valence-electron chi connectivity index (χ0n) is 16.2. The minimum Gasteiger partial charge on any atom is -0.497 e. The molecule has 0 N–H and O–H groups in total. The fourth-order valence-electron chi connectivity index (χ4n) is 2.62. The van der Waals surface area contributed by atoms with Gasteiger partial charge in [-0.05, 0) is 77.9 Å². The molecule has 0 heterocycles. The standard InChI is InChI=1S/C24H18ClNO4/c1-28-21-9-5-18(6-10-21)19(15-26)13-17-3-2-4-23(14-17)30-24(27)16-29-22-11-7-20(25)8-12-22/h2-14H,16H2,1H3/b19-13-. The second-order valence-corrected chi connectivity index (χ2v) is 6.62. The van der Waals surface area contributed by atoms with Crippen LogP contribution in [0.5, 0.6) is 17.2 Å². The molecule has 0 aliphatic heterocycles.